The molecule has 0 aromatic heterocycles. The second kappa shape index (κ2) is 8.71. The van der Waals surface area contributed by atoms with Crippen molar-refractivity contribution < 1.29 is 24.2 Å². The SMILES string of the molecule is COc1ccc(C(c2ccc(OC)cc2)N2C(=O)[C@H]([C@@H](C)O)[C@H]2C(=O)C(C)(C)C)cc1. The molecule has 1 amide bonds. The van der Waals surface area contributed by atoms with Gasteiger partial charge in [0.2, 0.25) is 5.91 Å². The molecule has 3 atom stereocenters. The number of carbonyl (C=O) groups excluding carboxylic acids is 2. The largest absolute Gasteiger partial charge is 0.497 e. The van der Waals surface area contributed by atoms with Gasteiger partial charge in [0.15, 0.2) is 5.78 Å². The molecule has 0 saturated carbocycles. The van der Waals surface area contributed by atoms with Crippen LogP contribution in [0.5, 0.6) is 11.5 Å². The Hall–Kier alpha value is -2.86. The lowest BCUT2D eigenvalue weighted by Crippen LogP contribution is -2.69. The van der Waals surface area contributed by atoms with E-state index in [-0.39, 0.29) is 11.7 Å². The Morgan fingerprint density at radius 2 is 1.35 bits per heavy atom. The molecule has 1 saturated heterocycles. The molecule has 0 bridgehead atoms. The summed E-state index contributed by atoms with van der Waals surface area (Å²) in [5, 5.41) is 10.3. The van der Waals surface area contributed by atoms with E-state index >= 15 is 0 Å². The number of rotatable bonds is 7. The van der Waals surface area contributed by atoms with Gasteiger partial charge in [-0.05, 0) is 42.3 Å². The van der Waals surface area contributed by atoms with Gasteiger partial charge in [-0.3, -0.25) is 9.59 Å². The van der Waals surface area contributed by atoms with Gasteiger partial charge in [-0.25, -0.2) is 0 Å². The van der Waals surface area contributed by atoms with Gasteiger partial charge in [0.1, 0.15) is 17.5 Å². The monoisotopic (exact) mass is 425 g/mol. The third-order valence-electron chi connectivity index (χ3n) is 5.85. The van der Waals surface area contributed by atoms with Crippen LogP contribution in [0, 0.1) is 11.3 Å². The molecule has 0 spiro atoms. The number of hydrogen-bond acceptors (Lipinski definition) is 5. The number of aliphatic hydroxyl groups is 1. The van der Waals surface area contributed by atoms with Crippen LogP contribution in [0.15, 0.2) is 48.5 Å². The van der Waals surface area contributed by atoms with Crippen molar-refractivity contribution in [3.63, 3.8) is 0 Å². The average molecular weight is 426 g/mol. The number of carbonyl (C=O) groups is 2. The Kier molecular flexibility index (Phi) is 6.41. The van der Waals surface area contributed by atoms with E-state index in [1.54, 1.807) is 26.0 Å². The summed E-state index contributed by atoms with van der Waals surface area (Å²) in [5.41, 5.74) is 1.06. The molecule has 1 fully saturated rings. The lowest BCUT2D eigenvalue weighted by Gasteiger charge is -2.52. The molecular weight excluding hydrogens is 394 g/mol. The number of nitrogens with zero attached hydrogens (tertiary/aromatic N) is 1. The molecule has 6 nitrogen and oxygen atoms in total. The third kappa shape index (κ3) is 4.30. The molecule has 1 aliphatic heterocycles. The Labute approximate surface area is 183 Å². The minimum Gasteiger partial charge on any atom is -0.497 e. The van der Waals surface area contributed by atoms with Crippen molar-refractivity contribution in [2.45, 2.75) is 45.9 Å². The van der Waals surface area contributed by atoms with Crippen molar-refractivity contribution in [1.29, 1.82) is 0 Å². The molecule has 6 heteroatoms. The molecule has 0 aliphatic carbocycles. The second-order valence-corrected chi connectivity index (χ2v) is 9.02. The molecule has 31 heavy (non-hydrogen) atoms. The minimum absolute atomic E-state index is 0.0648. The number of likely N-dealkylation sites (tertiary alicyclic amines) is 1. The molecular formula is C25H31NO5. The summed E-state index contributed by atoms with van der Waals surface area (Å²) in [4.78, 5) is 28.2. The van der Waals surface area contributed by atoms with E-state index in [1.807, 2.05) is 69.3 Å². The number of β-lactam (4-membered cyclic amide) rings is 1. The van der Waals surface area contributed by atoms with Crippen LogP contribution in [-0.4, -0.2) is 48.1 Å². The maximum Gasteiger partial charge on any atom is 0.232 e. The zero-order valence-electron chi connectivity index (χ0n) is 19.0. The van der Waals surface area contributed by atoms with Crippen LogP contribution < -0.4 is 9.47 Å². The van der Waals surface area contributed by atoms with Gasteiger partial charge in [0, 0.05) is 5.41 Å². The van der Waals surface area contributed by atoms with Gasteiger partial charge >= 0.3 is 0 Å². The second-order valence-electron chi connectivity index (χ2n) is 9.02. The van der Waals surface area contributed by atoms with E-state index in [2.05, 4.69) is 0 Å². The minimum atomic E-state index is -0.910. The van der Waals surface area contributed by atoms with Crippen molar-refractivity contribution in [2.24, 2.45) is 11.3 Å². The molecule has 1 N–H and O–H groups in total. The summed E-state index contributed by atoms with van der Waals surface area (Å²) in [7, 11) is 3.19. The molecule has 2 aromatic rings. The first-order valence-corrected chi connectivity index (χ1v) is 10.4. The fraction of sp³-hybridized carbons (Fsp3) is 0.440. The van der Waals surface area contributed by atoms with E-state index in [9.17, 15) is 14.7 Å². The zero-order valence-corrected chi connectivity index (χ0v) is 19.0. The van der Waals surface area contributed by atoms with Gasteiger partial charge in [0.05, 0.1) is 32.3 Å². The average Bonchev–Trinajstić information content (AvgIpc) is 2.74. The molecule has 0 unspecified atom stereocenters. The highest BCUT2D eigenvalue weighted by Crippen LogP contribution is 2.44. The van der Waals surface area contributed by atoms with Crippen LogP contribution in [0.1, 0.15) is 44.9 Å². The standard InChI is InChI=1S/C25H31NO5/c1-15(27)20-22(23(28)25(2,3)4)26(24(20)29)21(16-7-11-18(30-5)12-8-16)17-9-13-19(31-6)14-10-17/h7-15,20-22,27H,1-6H3/t15-,20-,22+/m1/s1. The smallest absolute Gasteiger partial charge is 0.232 e. The lowest BCUT2D eigenvalue weighted by atomic mass is 9.71. The Morgan fingerprint density at radius 1 is 0.935 bits per heavy atom. The number of benzene rings is 2. The number of aliphatic hydroxyl groups excluding tert-OH is 1. The van der Waals surface area contributed by atoms with E-state index < -0.39 is 29.5 Å². The van der Waals surface area contributed by atoms with Crippen LogP contribution in [0.25, 0.3) is 0 Å². The first-order valence-electron chi connectivity index (χ1n) is 10.4. The first kappa shape index (κ1) is 22.8. The van der Waals surface area contributed by atoms with Crippen LogP contribution in [0.4, 0.5) is 0 Å². The zero-order chi connectivity index (χ0) is 22.9. The maximum atomic E-state index is 13.3. The fourth-order valence-electron chi connectivity index (χ4n) is 4.11. The number of ketones is 1. The summed E-state index contributed by atoms with van der Waals surface area (Å²) >= 11 is 0. The number of amides is 1. The van der Waals surface area contributed by atoms with Crippen molar-refractivity contribution in [1.82, 2.24) is 4.90 Å². The van der Waals surface area contributed by atoms with Gasteiger partial charge in [-0.2, -0.15) is 0 Å². The van der Waals surface area contributed by atoms with Crippen molar-refractivity contribution in [2.75, 3.05) is 14.2 Å². The van der Waals surface area contributed by atoms with Gasteiger partial charge in [-0.15, -0.1) is 0 Å². The topological polar surface area (TPSA) is 76.1 Å². The Balaban J connectivity index is 2.11. The quantitative estimate of drug-likeness (QED) is 0.686. The molecule has 2 aromatic carbocycles. The highest BCUT2D eigenvalue weighted by atomic mass is 16.5. The normalized spacial score (nSPS) is 19.7. The summed E-state index contributed by atoms with van der Waals surface area (Å²) in [5.74, 6) is 0.373. The third-order valence-corrected chi connectivity index (χ3v) is 5.85. The van der Waals surface area contributed by atoms with Crippen LogP contribution in [0.3, 0.4) is 0 Å². The first-order chi connectivity index (χ1) is 14.6. The maximum absolute atomic E-state index is 13.3. The number of ether oxygens (including phenoxy) is 2. The van der Waals surface area contributed by atoms with E-state index in [4.69, 9.17) is 9.47 Å². The number of hydrogen-bond donors (Lipinski definition) is 1. The van der Waals surface area contributed by atoms with E-state index in [0.29, 0.717) is 11.5 Å². The summed E-state index contributed by atoms with van der Waals surface area (Å²) in [6.45, 7) is 7.08. The van der Waals surface area contributed by atoms with Crippen molar-refractivity contribution >= 4 is 11.7 Å². The van der Waals surface area contributed by atoms with Crippen LogP contribution in [-0.2, 0) is 9.59 Å². The summed E-state index contributed by atoms with van der Waals surface area (Å²) < 4.78 is 10.6. The van der Waals surface area contributed by atoms with Gasteiger partial charge in [-0.1, -0.05) is 45.0 Å². The highest BCUT2D eigenvalue weighted by molar-refractivity contribution is 6.03. The van der Waals surface area contributed by atoms with Crippen LogP contribution >= 0.6 is 0 Å². The predicted octanol–water partition coefficient (Wildman–Crippen LogP) is 3.62. The predicted molar refractivity (Wildman–Crippen MR) is 118 cm³/mol. The van der Waals surface area contributed by atoms with Crippen LogP contribution in [0.2, 0.25) is 0 Å². The van der Waals surface area contributed by atoms with Gasteiger partial charge in [0.25, 0.3) is 0 Å². The molecule has 3 rings (SSSR count). The van der Waals surface area contributed by atoms with E-state index in [0.717, 1.165) is 11.1 Å². The highest BCUT2D eigenvalue weighted by Gasteiger charge is 2.57. The van der Waals surface area contributed by atoms with Crippen molar-refractivity contribution in [3.8, 4) is 11.5 Å². The Morgan fingerprint density at radius 3 is 1.68 bits per heavy atom. The molecule has 166 valence electrons. The fourth-order valence-corrected chi connectivity index (χ4v) is 4.11. The van der Waals surface area contributed by atoms with Gasteiger partial charge < -0.3 is 19.5 Å². The lowest BCUT2D eigenvalue weighted by molar-refractivity contribution is -0.175. The Bertz CT molecular complexity index is 880. The number of Topliss-reactive ketones (excluding diaryl/α,β-unsaturated/α-hetero) is 1. The summed E-state index contributed by atoms with van der Waals surface area (Å²) in [6, 6.07) is 13.8. The number of methoxy groups -OCH3 is 2. The summed E-state index contributed by atoms with van der Waals surface area (Å²) in [6.07, 6.45) is -0.910. The molecule has 0 radical (unpaired) electrons. The molecule has 1 aliphatic rings. The van der Waals surface area contributed by atoms with E-state index in [1.165, 1.54) is 0 Å². The van der Waals surface area contributed by atoms with Crippen molar-refractivity contribution in [3.05, 3.63) is 59.7 Å². The molecule has 1 heterocycles.